The molecule has 2 heterocycles. The Morgan fingerprint density at radius 2 is 1.96 bits per heavy atom. The summed E-state index contributed by atoms with van der Waals surface area (Å²) >= 11 is 0. The maximum atomic E-state index is 12.9. The van der Waals surface area contributed by atoms with Crippen LogP contribution in [0.2, 0.25) is 0 Å². The van der Waals surface area contributed by atoms with Gasteiger partial charge in [-0.15, -0.1) is 0 Å². The van der Waals surface area contributed by atoms with E-state index in [0.29, 0.717) is 12.5 Å². The molecule has 1 fully saturated rings. The van der Waals surface area contributed by atoms with Crippen molar-refractivity contribution in [2.24, 2.45) is 5.92 Å². The molecule has 1 atom stereocenters. The van der Waals surface area contributed by atoms with Crippen molar-refractivity contribution in [3.8, 4) is 5.75 Å². The summed E-state index contributed by atoms with van der Waals surface area (Å²) in [4.78, 5) is 11.3. The fourth-order valence-electron chi connectivity index (χ4n) is 3.25. The summed E-state index contributed by atoms with van der Waals surface area (Å²) in [6, 6.07) is 6.24. The van der Waals surface area contributed by atoms with E-state index in [-0.39, 0.29) is 5.82 Å². The van der Waals surface area contributed by atoms with E-state index in [4.69, 9.17) is 4.74 Å². The second kappa shape index (κ2) is 8.90. The molecule has 1 aliphatic rings. The van der Waals surface area contributed by atoms with Crippen molar-refractivity contribution in [3.63, 3.8) is 0 Å². The van der Waals surface area contributed by atoms with Gasteiger partial charge in [0.15, 0.2) is 0 Å². The first-order valence-electron chi connectivity index (χ1n) is 9.13. The third-order valence-corrected chi connectivity index (χ3v) is 4.54. The Bertz CT molecular complexity index is 645. The van der Waals surface area contributed by atoms with Crippen LogP contribution in [0, 0.1) is 11.7 Å². The Labute approximate surface area is 149 Å². The van der Waals surface area contributed by atoms with E-state index in [0.717, 1.165) is 44.0 Å². The predicted octanol–water partition coefficient (Wildman–Crippen LogP) is 3.86. The molecule has 1 aromatic heterocycles. The molecule has 0 N–H and O–H groups in total. The van der Waals surface area contributed by atoms with Gasteiger partial charge in [0.1, 0.15) is 17.4 Å². The number of rotatable bonds is 7. The van der Waals surface area contributed by atoms with E-state index in [1.807, 2.05) is 12.4 Å². The van der Waals surface area contributed by atoms with E-state index >= 15 is 0 Å². The van der Waals surface area contributed by atoms with Crippen LogP contribution in [0.4, 0.5) is 4.39 Å². The molecule has 134 valence electrons. The van der Waals surface area contributed by atoms with Crippen LogP contribution in [0.25, 0.3) is 0 Å². The van der Waals surface area contributed by atoms with Crippen molar-refractivity contribution in [1.82, 2.24) is 14.9 Å². The van der Waals surface area contributed by atoms with Crippen LogP contribution in [0.5, 0.6) is 5.75 Å². The van der Waals surface area contributed by atoms with Gasteiger partial charge >= 0.3 is 0 Å². The van der Waals surface area contributed by atoms with Gasteiger partial charge in [-0.2, -0.15) is 0 Å². The molecule has 0 amide bonds. The summed E-state index contributed by atoms with van der Waals surface area (Å²) in [5.41, 5.74) is 1.17. The minimum atomic E-state index is -0.233. The highest BCUT2D eigenvalue weighted by Gasteiger charge is 2.20. The largest absolute Gasteiger partial charge is 0.493 e. The molecule has 4 nitrogen and oxygen atoms in total. The van der Waals surface area contributed by atoms with Gasteiger partial charge in [0.05, 0.1) is 6.61 Å². The molecule has 0 unspecified atom stereocenters. The fourth-order valence-corrected chi connectivity index (χ4v) is 3.25. The van der Waals surface area contributed by atoms with Gasteiger partial charge in [0, 0.05) is 43.4 Å². The lowest BCUT2D eigenvalue weighted by Crippen LogP contribution is -2.37. The maximum absolute atomic E-state index is 12.9. The Morgan fingerprint density at radius 3 is 2.68 bits per heavy atom. The van der Waals surface area contributed by atoms with Gasteiger partial charge in [-0.1, -0.05) is 6.92 Å². The van der Waals surface area contributed by atoms with Crippen LogP contribution in [-0.2, 0) is 13.0 Å². The van der Waals surface area contributed by atoms with Crippen LogP contribution >= 0.6 is 0 Å². The molecule has 3 rings (SSSR count). The molecule has 1 aliphatic heterocycles. The topological polar surface area (TPSA) is 38.2 Å². The van der Waals surface area contributed by atoms with Gasteiger partial charge < -0.3 is 4.74 Å². The van der Waals surface area contributed by atoms with Gasteiger partial charge in [-0.3, -0.25) is 4.90 Å². The molecule has 0 aliphatic carbocycles. The number of ether oxygens (including phenoxy) is 1. The van der Waals surface area contributed by atoms with Crippen molar-refractivity contribution in [3.05, 3.63) is 53.9 Å². The lowest BCUT2D eigenvalue weighted by Gasteiger charge is -2.32. The van der Waals surface area contributed by atoms with Gasteiger partial charge in [0.25, 0.3) is 0 Å². The summed E-state index contributed by atoms with van der Waals surface area (Å²) in [7, 11) is 0. The Hall–Kier alpha value is -2.01. The molecular weight excluding hydrogens is 317 g/mol. The summed E-state index contributed by atoms with van der Waals surface area (Å²) in [5.74, 6) is 1.93. The van der Waals surface area contributed by atoms with Crippen molar-refractivity contribution < 1.29 is 9.13 Å². The second-order valence-electron chi connectivity index (χ2n) is 6.77. The number of halogens is 1. The molecule has 0 bridgehead atoms. The molecule has 0 radical (unpaired) electrons. The average molecular weight is 343 g/mol. The lowest BCUT2D eigenvalue weighted by atomic mass is 9.98. The lowest BCUT2D eigenvalue weighted by molar-refractivity contribution is 0.125. The number of hydrogen-bond acceptors (Lipinski definition) is 4. The average Bonchev–Trinajstić information content (AvgIpc) is 2.64. The zero-order chi connectivity index (χ0) is 17.5. The second-order valence-corrected chi connectivity index (χ2v) is 6.77. The summed E-state index contributed by atoms with van der Waals surface area (Å²) in [5, 5.41) is 0. The molecule has 25 heavy (non-hydrogen) atoms. The third-order valence-electron chi connectivity index (χ3n) is 4.54. The first-order chi connectivity index (χ1) is 12.2. The zero-order valence-electron chi connectivity index (χ0n) is 14.8. The van der Waals surface area contributed by atoms with Crippen molar-refractivity contribution >= 4 is 0 Å². The summed E-state index contributed by atoms with van der Waals surface area (Å²) < 4.78 is 18.8. The molecular formula is C20H26FN3O. The van der Waals surface area contributed by atoms with Crippen molar-refractivity contribution in [2.45, 2.75) is 39.2 Å². The maximum Gasteiger partial charge on any atom is 0.128 e. The molecule has 0 spiro atoms. The van der Waals surface area contributed by atoms with Gasteiger partial charge in [0.2, 0.25) is 0 Å². The highest BCUT2D eigenvalue weighted by Crippen LogP contribution is 2.20. The Kier molecular flexibility index (Phi) is 6.34. The molecule has 5 heteroatoms. The van der Waals surface area contributed by atoms with E-state index < -0.39 is 0 Å². The molecule has 1 saturated heterocycles. The Morgan fingerprint density at radius 1 is 1.20 bits per heavy atom. The minimum absolute atomic E-state index is 0.233. The smallest absolute Gasteiger partial charge is 0.128 e. The highest BCUT2D eigenvalue weighted by molar-refractivity contribution is 5.22. The SMILES string of the molecule is CCCc1ncc(CN2CCC[C@H](COc3ccc(F)cc3)C2)cn1. The normalized spacial score (nSPS) is 18.2. The van der Waals surface area contributed by atoms with Crippen LogP contribution < -0.4 is 4.74 Å². The number of hydrogen-bond donors (Lipinski definition) is 0. The van der Waals surface area contributed by atoms with E-state index in [1.165, 1.54) is 30.5 Å². The monoisotopic (exact) mass is 343 g/mol. The predicted molar refractivity (Wildman–Crippen MR) is 95.9 cm³/mol. The number of likely N-dealkylation sites (tertiary alicyclic amines) is 1. The highest BCUT2D eigenvalue weighted by atomic mass is 19.1. The fraction of sp³-hybridized carbons (Fsp3) is 0.500. The third kappa shape index (κ3) is 5.49. The van der Waals surface area contributed by atoms with Crippen LogP contribution in [0.1, 0.15) is 37.6 Å². The number of aryl methyl sites for hydroxylation is 1. The van der Waals surface area contributed by atoms with Crippen LogP contribution in [-0.4, -0.2) is 34.6 Å². The van der Waals surface area contributed by atoms with Crippen LogP contribution in [0.3, 0.4) is 0 Å². The minimum Gasteiger partial charge on any atom is -0.493 e. The first-order valence-corrected chi connectivity index (χ1v) is 9.13. The van der Waals surface area contributed by atoms with E-state index in [1.54, 1.807) is 12.1 Å². The standard InChI is InChI=1S/C20H26FN3O/c1-2-4-20-22-11-17(12-23-20)14-24-10-3-5-16(13-24)15-25-19-8-6-18(21)7-9-19/h6-9,11-12,16H,2-5,10,13-15H2,1H3/t16-/m0/s1. The summed E-state index contributed by atoms with van der Waals surface area (Å²) in [6.45, 7) is 5.81. The Balaban J connectivity index is 1.48. The zero-order valence-corrected chi connectivity index (χ0v) is 14.8. The molecule has 0 saturated carbocycles. The molecule has 2 aromatic rings. The molecule has 1 aromatic carbocycles. The summed E-state index contributed by atoms with van der Waals surface area (Å²) in [6.07, 6.45) is 8.26. The van der Waals surface area contributed by atoms with Crippen molar-refractivity contribution in [1.29, 1.82) is 0 Å². The number of benzene rings is 1. The van der Waals surface area contributed by atoms with E-state index in [9.17, 15) is 4.39 Å². The van der Waals surface area contributed by atoms with Gasteiger partial charge in [-0.05, 0) is 50.1 Å². The number of nitrogens with zero attached hydrogens (tertiary/aromatic N) is 3. The van der Waals surface area contributed by atoms with Crippen molar-refractivity contribution in [2.75, 3.05) is 19.7 Å². The quantitative estimate of drug-likeness (QED) is 0.765. The van der Waals surface area contributed by atoms with E-state index in [2.05, 4.69) is 21.8 Å². The van der Waals surface area contributed by atoms with Crippen LogP contribution in [0.15, 0.2) is 36.7 Å². The number of aromatic nitrogens is 2. The number of piperidine rings is 1. The van der Waals surface area contributed by atoms with Gasteiger partial charge in [-0.25, -0.2) is 14.4 Å². The first kappa shape index (κ1) is 17.8.